The van der Waals surface area contributed by atoms with Crippen LogP contribution in [0.4, 0.5) is 0 Å². The van der Waals surface area contributed by atoms with E-state index in [0.29, 0.717) is 0 Å². The molecule has 1 unspecified atom stereocenters. The summed E-state index contributed by atoms with van der Waals surface area (Å²) in [6, 6.07) is 16.4. The minimum Gasteiger partial charge on any atom is -0.454 e. The average Bonchev–Trinajstić information content (AvgIpc) is 3.22. The Balaban J connectivity index is 1.63. The number of nitrogens with one attached hydrogen (secondary N) is 1. The van der Waals surface area contributed by atoms with E-state index in [4.69, 9.17) is 21.1 Å². The first-order chi connectivity index (χ1) is 11.8. The molecule has 24 heavy (non-hydrogen) atoms. The molecule has 0 radical (unpaired) electrons. The van der Waals surface area contributed by atoms with Gasteiger partial charge < -0.3 is 19.4 Å². The molecule has 0 saturated heterocycles. The predicted molar refractivity (Wildman–Crippen MR) is 92.0 cm³/mol. The molecular weight excluding hydrogens is 324 g/mol. The number of hydrogen-bond donors (Lipinski definition) is 1. The second kappa shape index (κ2) is 5.30. The SMILES string of the molecule is Clc1ccc2c(c1)CNC(c1ccc3c(c1)OCO3)c1cccn1-2. The number of halogens is 1. The van der Waals surface area contributed by atoms with Crippen LogP contribution >= 0.6 is 11.6 Å². The zero-order chi connectivity index (χ0) is 16.1. The van der Waals surface area contributed by atoms with Crippen molar-refractivity contribution < 1.29 is 9.47 Å². The first kappa shape index (κ1) is 14.0. The maximum absolute atomic E-state index is 6.18. The monoisotopic (exact) mass is 338 g/mol. The van der Waals surface area contributed by atoms with Gasteiger partial charge in [-0.2, -0.15) is 0 Å². The lowest BCUT2D eigenvalue weighted by Gasteiger charge is -2.18. The number of ether oxygens (including phenoxy) is 2. The van der Waals surface area contributed by atoms with Gasteiger partial charge in [-0.25, -0.2) is 0 Å². The molecule has 5 heteroatoms. The minimum absolute atomic E-state index is 0.0701. The molecule has 0 bridgehead atoms. The zero-order valence-corrected chi connectivity index (χ0v) is 13.6. The summed E-state index contributed by atoms with van der Waals surface area (Å²) in [5, 5.41) is 4.39. The lowest BCUT2D eigenvalue weighted by Crippen LogP contribution is -2.21. The van der Waals surface area contributed by atoms with Gasteiger partial charge in [0.1, 0.15) is 0 Å². The summed E-state index contributed by atoms with van der Waals surface area (Å²) < 4.78 is 13.2. The van der Waals surface area contributed by atoms with Crippen LogP contribution in [-0.4, -0.2) is 11.4 Å². The second-order valence-electron chi connectivity index (χ2n) is 6.00. The van der Waals surface area contributed by atoms with E-state index < -0.39 is 0 Å². The molecule has 2 aliphatic heterocycles. The van der Waals surface area contributed by atoms with E-state index in [-0.39, 0.29) is 12.8 Å². The van der Waals surface area contributed by atoms with E-state index in [0.717, 1.165) is 34.3 Å². The Morgan fingerprint density at radius 3 is 2.92 bits per heavy atom. The Morgan fingerprint density at radius 2 is 1.96 bits per heavy atom. The van der Waals surface area contributed by atoms with Gasteiger partial charge in [0.25, 0.3) is 0 Å². The van der Waals surface area contributed by atoms with Crippen molar-refractivity contribution in [2.45, 2.75) is 12.6 Å². The van der Waals surface area contributed by atoms with E-state index in [2.05, 4.69) is 46.4 Å². The lowest BCUT2D eigenvalue weighted by atomic mass is 10.0. The summed E-state index contributed by atoms with van der Waals surface area (Å²) >= 11 is 6.18. The van der Waals surface area contributed by atoms with E-state index in [1.54, 1.807) is 0 Å². The molecule has 1 N–H and O–H groups in total. The third-order valence-corrected chi connectivity index (χ3v) is 4.84. The lowest BCUT2D eigenvalue weighted by molar-refractivity contribution is 0.174. The van der Waals surface area contributed by atoms with Crippen LogP contribution in [0.3, 0.4) is 0 Å². The molecule has 0 spiro atoms. The van der Waals surface area contributed by atoms with E-state index in [9.17, 15) is 0 Å². The second-order valence-corrected chi connectivity index (χ2v) is 6.44. The molecule has 2 aromatic carbocycles. The average molecular weight is 339 g/mol. The molecule has 3 heterocycles. The molecule has 2 aliphatic rings. The standard InChI is InChI=1S/C19H15ClN2O2/c20-14-4-5-15-13(8-14)10-21-19(16-2-1-7-22(15)16)12-3-6-17-18(9-12)24-11-23-17/h1-9,19,21H,10-11H2. The van der Waals surface area contributed by atoms with Crippen LogP contribution in [0.5, 0.6) is 11.5 Å². The largest absolute Gasteiger partial charge is 0.454 e. The Morgan fingerprint density at radius 1 is 1.04 bits per heavy atom. The van der Waals surface area contributed by atoms with Gasteiger partial charge in [-0.05, 0) is 53.6 Å². The fourth-order valence-electron chi connectivity index (χ4n) is 3.48. The predicted octanol–water partition coefficient (Wildman–Crippen LogP) is 4.05. The van der Waals surface area contributed by atoms with Gasteiger partial charge in [-0.1, -0.05) is 17.7 Å². The van der Waals surface area contributed by atoms with Crippen LogP contribution in [0.25, 0.3) is 5.69 Å². The van der Waals surface area contributed by atoms with Crippen molar-refractivity contribution in [3.63, 3.8) is 0 Å². The first-order valence-corrected chi connectivity index (χ1v) is 8.26. The van der Waals surface area contributed by atoms with Crippen molar-refractivity contribution in [3.05, 3.63) is 76.6 Å². The zero-order valence-electron chi connectivity index (χ0n) is 12.8. The number of nitrogens with zero attached hydrogens (tertiary/aromatic N) is 1. The Kier molecular flexibility index (Phi) is 3.08. The number of hydrogen-bond acceptors (Lipinski definition) is 3. The van der Waals surface area contributed by atoms with E-state index >= 15 is 0 Å². The first-order valence-electron chi connectivity index (χ1n) is 7.88. The summed E-state index contributed by atoms with van der Waals surface area (Å²) in [5.74, 6) is 1.61. The highest BCUT2D eigenvalue weighted by Crippen LogP contribution is 2.37. The summed E-state index contributed by atoms with van der Waals surface area (Å²) in [7, 11) is 0. The highest BCUT2D eigenvalue weighted by atomic mass is 35.5. The highest BCUT2D eigenvalue weighted by molar-refractivity contribution is 6.30. The van der Waals surface area contributed by atoms with Crippen LogP contribution in [-0.2, 0) is 6.54 Å². The normalized spacial score (nSPS) is 18.0. The molecule has 0 fully saturated rings. The fraction of sp³-hybridized carbons (Fsp3) is 0.158. The van der Waals surface area contributed by atoms with Gasteiger partial charge in [-0.15, -0.1) is 0 Å². The van der Waals surface area contributed by atoms with Crippen LogP contribution < -0.4 is 14.8 Å². The molecule has 1 aromatic heterocycles. The molecule has 0 saturated carbocycles. The van der Waals surface area contributed by atoms with Crippen LogP contribution in [0.15, 0.2) is 54.7 Å². The van der Waals surface area contributed by atoms with Crippen molar-refractivity contribution in [1.29, 1.82) is 0 Å². The van der Waals surface area contributed by atoms with Gasteiger partial charge in [0.2, 0.25) is 6.79 Å². The van der Waals surface area contributed by atoms with Crippen LogP contribution in [0.2, 0.25) is 5.02 Å². The summed E-state index contributed by atoms with van der Waals surface area (Å²) in [5.41, 5.74) is 4.69. The maximum Gasteiger partial charge on any atom is 0.231 e. The smallest absolute Gasteiger partial charge is 0.231 e. The molecule has 5 rings (SSSR count). The van der Waals surface area contributed by atoms with Crippen LogP contribution in [0, 0.1) is 0 Å². The van der Waals surface area contributed by atoms with Crippen LogP contribution in [0.1, 0.15) is 22.9 Å². The molecule has 0 aliphatic carbocycles. The number of fused-ring (bicyclic) bond motifs is 4. The molecule has 3 aromatic rings. The third-order valence-electron chi connectivity index (χ3n) is 4.60. The van der Waals surface area contributed by atoms with Crippen molar-refractivity contribution in [2.24, 2.45) is 0 Å². The van der Waals surface area contributed by atoms with E-state index in [1.165, 1.54) is 11.3 Å². The highest BCUT2D eigenvalue weighted by Gasteiger charge is 2.25. The number of benzene rings is 2. The summed E-state index contributed by atoms with van der Waals surface area (Å²) in [6.07, 6.45) is 2.09. The van der Waals surface area contributed by atoms with Crippen molar-refractivity contribution in [3.8, 4) is 17.2 Å². The summed E-state index contributed by atoms with van der Waals surface area (Å²) in [6.45, 7) is 1.04. The Hall–Kier alpha value is -2.43. The molecule has 120 valence electrons. The topological polar surface area (TPSA) is 35.4 Å². The fourth-order valence-corrected chi connectivity index (χ4v) is 3.67. The number of rotatable bonds is 1. The van der Waals surface area contributed by atoms with Crippen molar-refractivity contribution in [1.82, 2.24) is 9.88 Å². The third kappa shape index (κ3) is 2.11. The van der Waals surface area contributed by atoms with Gasteiger partial charge in [0, 0.05) is 29.1 Å². The number of aromatic nitrogens is 1. The van der Waals surface area contributed by atoms with Crippen molar-refractivity contribution in [2.75, 3.05) is 6.79 Å². The quantitative estimate of drug-likeness (QED) is 0.727. The minimum atomic E-state index is 0.0701. The molecular formula is C19H15ClN2O2. The Labute approximate surface area is 144 Å². The van der Waals surface area contributed by atoms with Gasteiger partial charge >= 0.3 is 0 Å². The summed E-state index contributed by atoms with van der Waals surface area (Å²) in [4.78, 5) is 0. The van der Waals surface area contributed by atoms with Gasteiger partial charge in [0.15, 0.2) is 11.5 Å². The van der Waals surface area contributed by atoms with Crippen molar-refractivity contribution >= 4 is 11.6 Å². The Bertz CT molecular complexity index is 935. The maximum atomic E-state index is 6.18. The molecule has 0 amide bonds. The molecule has 1 atom stereocenters. The molecule has 4 nitrogen and oxygen atoms in total. The van der Waals surface area contributed by atoms with E-state index in [1.807, 2.05) is 18.2 Å². The van der Waals surface area contributed by atoms with Gasteiger partial charge in [0.05, 0.1) is 6.04 Å². The van der Waals surface area contributed by atoms with Gasteiger partial charge in [-0.3, -0.25) is 0 Å².